The SMILES string of the molecule is C=C1CCOC(CCCCCCCCC)C1. The van der Waals surface area contributed by atoms with E-state index in [1.54, 1.807) is 0 Å². The summed E-state index contributed by atoms with van der Waals surface area (Å²) in [7, 11) is 0. The minimum Gasteiger partial charge on any atom is -0.378 e. The number of ether oxygens (including phenoxy) is 1. The van der Waals surface area contributed by atoms with Crippen LogP contribution in [0.15, 0.2) is 12.2 Å². The van der Waals surface area contributed by atoms with Gasteiger partial charge in [0.25, 0.3) is 0 Å². The smallest absolute Gasteiger partial charge is 0.0612 e. The van der Waals surface area contributed by atoms with Crippen LogP contribution < -0.4 is 0 Å². The zero-order valence-corrected chi connectivity index (χ0v) is 11.0. The Hall–Kier alpha value is -0.300. The van der Waals surface area contributed by atoms with Crippen LogP contribution in [0.3, 0.4) is 0 Å². The van der Waals surface area contributed by atoms with E-state index < -0.39 is 0 Å². The van der Waals surface area contributed by atoms with Crippen LogP contribution in [0, 0.1) is 0 Å². The molecule has 0 aromatic rings. The van der Waals surface area contributed by atoms with Gasteiger partial charge >= 0.3 is 0 Å². The molecule has 0 radical (unpaired) electrons. The van der Waals surface area contributed by atoms with Gasteiger partial charge in [-0.25, -0.2) is 0 Å². The second kappa shape index (κ2) is 8.81. The van der Waals surface area contributed by atoms with Crippen LogP contribution in [0.1, 0.15) is 71.1 Å². The molecule has 0 spiro atoms. The van der Waals surface area contributed by atoms with E-state index in [0.29, 0.717) is 6.10 Å². The second-order valence-electron chi connectivity index (χ2n) is 5.11. The van der Waals surface area contributed by atoms with E-state index in [9.17, 15) is 0 Å². The van der Waals surface area contributed by atoms with Crippen LogP contribution in [-0.4, -0.2) is 12.7 Å². The van der Waals surface area contributed by atoms with Crippen molar-refractivity contribution in [1.82, 2.24) is 0 Å². The van der Waals surface area contributed by atoms with Crippen molar-refractivity contribution in [3.63, 3.8) is 0 Å². The topological polar surface area (TPSA) is 9.23 Å². The first-order chi connectivity index (χ1) is 7.83. The summed E-state index contributed by atoms with van der Waals surface area (Å²) in [5.41, 5.74) is 1.39. The summed E-state index contributed by atoms with van der Waals surface area (Å²) in [6.45, 7) is 7.24. The van der Waals surface area contributed by atoms with E-state index in [-0.39, 0.29) is 0 Å². The summed E-state index contributed by atoms with van der Waals surface area (Å²) >= 11 is 0. The molecule has 0 amide bonds. The first-order valence-corrected chi connectivity index (χ1v) is 7.11. The maximum absolute atomic E-state index is 5.73. The first kappa shape index (κ1) is 13.8. The fourth-order valence-electron chi connectivity index (χ4n) is 2.37. The lowest BCUT2D eigenvalue weighted by Gasteiger charge is -2.24. The van der Waals surface area contributed by atoms with Crippen LogP contribution in [0.2, 0.25) is 0 Å². The van der Waals surface area contributed by atoms with Gasteiger partial charge in [0.2, 0.25) is 0 Å². The Bertz CT molecular complexity index is 186. The van der Waals surface area contributed by atoms with Gasteiger partial charge in [0.1, 0.15) is 0 Å². The predicted molar refractivity (Wildman–Crippen MR) is 70.7 cm³/mol. The molecule has 1 aliphatic heterocycles. The molecule has 1 unspecified atom stereocenters. The van der Waals surface area contributed by atoms with Gasteiger partial charge in [0, 0.05) is 0 Å². The van der Waals surface area contributed by atoms with Gasteiger partial charge in [0.15, 0.2) is 0 Å². The molecule has 1 saturated heterocycles. The van der Waals surface area contributed by atoms with E-state index >= 15 is 0 Å². The number of rotatable bonds is 8. The van der Waals surface area contributed by atoms with E-state index in [0.717, 1.165) is 19.4 Å². The molecule has 94 valence electrons. The minimum absolute atomic E-state index is 0.483. The van der Waals surface area contributed by atoms with Crippen LogP contribution in [0.5, 0.6) is 0 Å². The Morgan fingerprint density at radius 3 is 2.50 bits per heavy atom. The molecular weight excluding hydrogens is 196 g/mol. The van der Waals surface area contributed by atoms with Crippen molar-refractivity contribution in [3.05, 3.63) is 12.2 Å². The Balaban J connectivity index is 1.88. The molecular formula is C15H28O. The molecule has 0 N–H and O–H groups in total. The molecule has 1 nitrogen and oxygen atoms in total. The normalized spacial score (nSPS) is 21.3. The minimum atomic E-state index is 0.483. The van der Waals surface area contributed by atoms with Crippen LogP contribution >= 0.6 is 0 Å². The number of hydrogen-bond acceptors (Lipinski definition) is 1. The highest BCUT2D eigenvalue weighted by atomic mass is 16.5. The largest absolute Gasteiger partial charge is 0.378 e. The third-order valence-electron chi connectivity index (χ3n) is 3.46. The summed E-state index contributed by atoms with van der Waals surface area (Å²) < 4.78 is 5.73. The van der Waals surface area contributed by atoms with Gasteiger partial charge < -0.3 is 4.74 Å². The molecule has 0 bridgehead atoms. The highest BCUT2D eigenvalue weighted by Crippen LogP contribution is 2.22. The molecule has 0 saturated carbocycles. The van der Waals surface area contributed by atoms with Gasteiger partial charge in [-0.05, 0) is 19.3 Å². The number of unbranched alkanes of at least 4 members (excludes halogenated alkanes) is 6. The van der Waals surface area contributed by atoms with E-state index in [1.165, 1.54) is 56.9 Å². The van der Waals surface area contributed by atoms with Crippen molar-refractivity contribution in [1.29, 1.82) is 0 Å². The van der Waals surface area contributed by atoms with Crippen LogP contribution in [0.4, 0.5) is 0 Å². The van der Waals surface area contributed by atoms with Gasteiger partial charge in [-0.15, -0.1) is 0 Å². The monoisotopic (exact) mass is 224 g/mol. The van der Waals surface area contributed by atoms with Crippen molar-refractivity contribution < 1.29 is 4.74 Å². The molecule has 0 aromatic heterocycles. The highest BCUT2D eigenvalue weighted by molar-refractivity contribution is 4.98. The Kier molecular flexibility index (Phi) is 7.58. The maximum Gasteiger partial charge on any atom is 0.0612 e. The van der Waals surface area contributed by atoms with Crippen molar-refractivity contribution in [2.45, 2.75) is 77.2 Å². The zero-order chi connectivity index (χ0) is 11.6. The quantitative estimate of drug-likeness (QED) is 0.422. The fourth-order valence-corrected chi connectivity index (χ4v) is 2.37. The number of hydrogen-bond donors (Lipinski definition) is 0. The highest BCUT2D eigenvalue weighted by Gasteiger charge is 2.15. The summed E-state index contributed by atoms with van der Waals surface area (Å²) in [5.74, 6) is 0. The first-order valence-electron chi connectivity index (χ1n) is 7.11. The lowest BCUT2D eigenvalue weighted by Crippen LogP contribution is -2.20. The Labute approximate surface area is 101 Å². The molecule has 1 heterocycles. The fraction of sp³-hybridized carbons (Fsp3) is 0.867. The average Bonchev–Trinajstić information content (AvgIpc) is 2.28. The molecule has 0 aromatic carbocycles. The average molecular weight is 224 g/mol. The third kappa shape index (κ3) is 6.32. The second-order valence-corrected chi connectivity index (χ2v) is 5.11. The van der Waals surface area contributed by atoms with Crippen molar-refractivity contribution in [3.8, 4) is 0 Å². The third-order valence-corrected chi connectivity index (χ3v) is 3.46. The lowest BCUT2D eigenvalue weighted by molar-refractivity contribution is 0.0291. The van der Waals surface area contributed by atoms with E-state index in [4.69, 9.17) is 4.74 Å². The van der Waals surface area contributed by atoms with Gasteiger partial charge in [-0.3, -0.25) is 0 Å². The summed E-state index contributed by atoms with van der Waals surface area (Å²) in [6.07, 6.45) is 13.6. The standard InChI is InChI=1S/C15H28O/c1-3-4-5-6-7-8-9-10-15-13-14(2)11-12-16-15/h15H,2-13H2,1H3. The van der Waals surface area contributed by atoms with Gasteiger partial charge in [-0.1, -0.05) is 64.0 Å². The molecule has 0 aliphatic carbocycles. The molecule has 1 rings (SSSR count). The Morgan fingerprint density at radius 2 is 1.81 bits per heavy atom. The van der Waals surface area contributed by atoms with Gasteiger partial charge in [-0.2, -0.15) is 0 Å². The molecule has 1 fully saturated rings. The van der Waals surface area contributed by atoms with Crippen molar-refractivity contribution in [2.75, 3.05) is 6.61 Å². The summed E-state index contributed by atoms with van der Waals surface area (Å²) in [4.78, 5) is 0. The van der Waals surface area contributed by atoms with Crippen LogP contribution in [0.25, 0.3) is 0 Å². The summed E-state index contributed by atoms with van der Waals surface area (Å²) in [5, 5.41) is 0. The maximum atomic E-state index is 5.73. The van der Waals surface area contributed by atoms with Crippen molar-refractivity contribution in [2.24, 2.45) is 0 Å². The zero-order valence-electron chi connectivity index (χ0n) is 11.0. The Morgan fingerprint density at radius 1 is 1.12 bits per heavy atom. The van der Waals surface area contributed by atoms with E-state index in [2.05, 4.69) is 13.5 Å². The summed E-state index contributed by atoms with van der Waals surface area (Å²) in [6, 6.07) is 0. The molecule has 1 heteroatoms. The predicted octanol–water partition coefficient (Wildman–Crippen LogP) is 4.86. The van der Waals surface area contributed by atoms with Crippen molar-refractivity contribution >= 4 is 0 Å². The molecule has 1 aliphatic rings. The van der Waals surface area contributed by atoms with Crippen LogP contribution in [-0.2, 0) is 4.74 Å². The van der Waals surface area contributed by atoms with E-state index in [1.807, 2.05) is 0 Å². The van der Waals surface area contributed by atoms with Gasteiger partial charge in [0.05, 0.1) is 12.7 Å². The molecule has 1 atom stereocenters. The molecule has 16 heavy (non-hydrogen) atoms. The lowest BCUT2D eigenvalue weighted by atomic mass is 9.99.